The predicted octanol–water partition coefficient (Wildman–Crippen LogP) is 2.56. The number of piperidine rings is 1. The van der Waals surface area contributed by atoms with Gasteiger partial charge in [0, 0.05) is 30.9 Å². The minimum Gasteiger partial charge on any atom is -0.335 e. The number of rotatable bonds is 2. The van der Waals surface area contributed by atoms with Crippen LogP contribution in [0, 0.1) is 5.92 Å². The van der Waals surface area contributed by atoms with Crippen molar-refractivity contribution in [1.29, 1.82) is 0 Å². The number of nitrogens with zero attached hydrogens (tertiary/aromatic N) is 2. The summed E-state index contributed by atoms with van der Waals surface area (Å²) in [4.78, 5) is 19.0. The zero-order chi connectivity index (χ0) is 13.9. The third-order valence-corrected chi connectivity index (χ3v) is 4.60. The number of hydrogen-bond donors (Lipinski definition) is 1. The lowest BCUT2D eigenvalue weighted by atomic mass is 9.91. The van der Waals surface area contributed by atoms with Crippen molar-refractivity contribution >= 4 is 18.3 Å². The quantitative estimate of drug-likeness (QED) is 0.913. The van der Waals surface area contributed by atoms with Gasteiger partial charge in [0.15, 0.2) is 0 Å². The smallest absolute Gasteiger partial charge is 0.226 e. The Balaban J connectivity index is 0.00000161. The molecule has 4 nitrogen and oxygen atoms in total. The third-order valence-electron chi connectivity index (χ3n) is 4.60. The van der Waals surface area contributed by atoms with Gasteiger partial charge in [-0.15, -0.1) is 12.4 Å². The van der Waals surface area contributed by atoms with Crippen LogP contribution in [0.25, 0.3) is 0 Å². The van der Waals surface area contributed by atoms with Crippen molar-refractivity contribution in [2.45, 2.75) is 44.7 Å². The molecule has 0 bridgehead atoms. The molecule has 0 saturated carbocycles. The molecular weight excluding hydrogens is 286 g/mol. The normalized spacial score (nSPS) is 29.0. The van der Waals surface area contributed by atoms with Crippen LogP contribution in [0.3, 0.4) is 0 Å². The van der Waals surface area contributed by atoms with Gasteiger partial charge in [-0.2, -0.15) is 0 Å². The van der Waals surface area contributed by atoms with Gasteiger partial charge in [0.1, 0.15) is 0 Å². The molecule has 1 aromatic heterocycles. The highest BCUT2D eigenvalue weighted by Gasteiger charge is 2.35. The van der Waals surface area contributed by atoms with Crippen LogP contribution in [0.4, 0.5) is 0 Å². The molecular formula is C16H24ClN3O. The number of likely N-dealkylation sites (tertiary alicyclic amines) is 1. The summed E-state index contributed by atoms with van der Waals surface area (Å²) in [5.41, 5.74) is 1.23. The molecule has 3 rings (SSSR count). The average Bonchev–Trinajstić information content (AvgIpc) is 2.97. The van der Waals surface area contributed by atoms with Crippen molar-refractivity contribution in [3.63, 3.8) is 0 Å². The fraction of sp³-hybridized carbons (Fsp3) is 0.625. The molecule has 116 valence electrons. The largest absolute Gasteiger partial charge is 0.335 e. The van der Waals surface area contributed by atoms with Gasteiger partial charge in [0.25, 0.3) is 0 Å². The maximum Gasteiger partial charge on any atom is 0.226 e. The van der Waals surface area contributed by atoms with Crippen LogP contribution in [-0.2, 0) is 4.79 Å². The van der Waals surface area contributed by atoms with E-state index in [1.807, 2.05) is 24.5 Å². The minimum atomic E-state index is 0. The Morgan fingerprint density at radius 3 is 2.81 bits per heavy atom. The summed E-state index contributed by atoms with van der Waals surface area (Å²) in [6.07, 6.45) is 7.78. The van der Waals surface area contributed by atoms with Gasteiger partial charge in [-0.3, -0.25) is 9.78 Å². The lowest BCUT2D eigenvalue weighted by Gasteiger charge is -2.33. The summed E-state index contributed by atoms with van der Waals surface area (Å²) in [5.74, 6) is 0.561. The molecule has 2 fully saturated rings. The Hall–Kier alpha value is -1.13. The fourth-order valence-corrected chi connectivity index (χ4v) is 3.55. The first-order valence-corrected chi connectivity index (χ1v) is 7.69. The summed E-state index contributed by atoms with van der Waals surface area (Å²) >= 11 is 0. The van der Waals surface area contributed by atoms with E-state index in [2.05, 4.69) is 22.1 Å². The van der Waals surface area contributed by atoms with Crippen molar-refractivity contribution in [2.75, 3.05) is 13.1 Å². The van der Waals surface area contributed by atoms with E-state index in [4.69, 9.17) is 0 Å². The van der Waals surface area contributed by atoms with Crippen LogP contribution in [-0.4, -0.2) is 34.9 Å². The van der Waals surface area contributed by atoms with E-state index in [0.29, 0.717) is 11.9 Å². The lowest BCUT2D eigenvalue weighted by Crippen LogP contribution is -2.44. The number of carbonyl (C=O) groups excluding carboxylic acids is 1. The van der Waals surface area contributed by atoms with E-state index < -0.39 is 0 Å². The molecule has 0 spiro atoms. The zero-order valence-corrected chi connectivity index (χ0v) is 13.3. The number of hydrogen-bond acceptors (Lipinski definition) is 3. The zero-order valence-electron chi connectivity index (χ0n) is 12.5. The Bertz CT molecular complexity index is 468. The highest BCUT2D eigenvalue weighted by molar-refractivity contribution is 5.85. The second-order valence-corrected chi connectivity index (χ2v) is 6.05. The second kappa shape index (κ2) is 7.23. The number of carbonyl (C=O) groups is 1. The molecule has 2 saturated heterocycles. The van der Waals surface area contributed by atoms with Crippen LogP contribution in [0.15, 0.2) is 24.5 Å². The molecule has 21 heavy (non-hydrogen) atoms. The van der Waals surface area contributed by atoms with Gasteiger partial charge in [0.2, 0.25) is 5.91 Å². The van der Waals surface area contributed by atoms with E-state index in [9.17, 15) is 4.79 Å². The Labute approximate surface area is 132 Å². The van der Waals surface area contributed by atoms with Crippen molar-refractivity contribution < 1.29 is 4.79 Å². The minimum absolute atomic E-state index is 0. The maximum atomic E-state index is 12.8. The van der Waals surface area contributed by atoms with Crippen LogP contribution < -0.4 is 5.32 Å². The molecule has 2 aliphatic heterocycles. The second-order valence-electron chi connectivity index (χ2n) is 6.05. The van der Waals surface area contributed by atoms with E-state index in [0.717, 1.165) is 38.8 Å². The highest BCUT2D eigenvalue weighted by atomic mass is 35.5. The average molecular weight is 310 g/mol. The van der Waals surface area contributed by atoms with E-state index >= 15 is 0 Å². The topological polar surface area (TPSA) is 45.2 Å². The summed E-state index contributed by atoms with van der Waals surface area (Å²) < 4.78 is 0. The van der Waals surface area contributed by atoms with Crippen LogP contribution in [0.2, 0.25) is 0 Å². The molecule has 3 heterocycles. The van der Waals surface area contributed by atoms with Gasteiger partial charge >= 0.3 is 0 Å². The maximum absolute atomic E-state index is 12.8. The van der Waals surface area contributed by atoms with Gasteiger partial charge in [-0.25, -0.2) is 0 Å². The number of amides is 1. The fourth-order valence-electron chi connectivity index (χ4n) is 3.55. The Morgan fingerprint density at radius 1 is 1.33 bits per heavy atom. The monoisotopic (exact) mass is 309 g/mol. The predicted molar refractivity (Wildman–Crippen MR) is 85.4 cm³/mol. The first-order chi connectivity index (χ1) is 9.75. The summed E-state index contributed by atoms with van der Waals surface area (Å²) in [6, 6.07) is 4.80. The molecule has 3 atom stereocenters. The standard InChI is InChI=1S/C16H23N3O.ClH/c1-12-11-14(6-9-18-12)16(20)19-10-2-3-15(19)13-4-7-17-8-5-13;/h4-5,7-8,12,14-15,18H,2-3,6,9-11H2,1H3;1H/t12-,14-,15?;/m0./s1. The van der Waals surface area contributed by atoms with Crippen molar-refractivity contribution in [3.8, 4) is 0 Å². The van der Waals surface area contributed by atoms with Gasteiger partial charge in [0.05, 0.1) is 6.04 Å². The molecule has 1 aromatic rings. The highest BCUT2D eigenvalue weighted by Crippen LogP contribution is 2.34. The molecule has 1 N–H and O–H groups in total. The van der Waals surface area contributed by atoms with Gasteiger partial charge in [-0.1, -0.05) is 0 Å². The molecule has 0 aromatic carbocycles. The number of pyridine rings is 1. The molecule has 2 aliphatic rings. The third kappa shape index (κ3) is 3.55. The van der Waals surface area contributed by atoms with E-state index in [1.54, 1.807) is 0 Å². The molecule has 1 unspecified atom stereocenters. The molecule has 5 heteroatoms. The molecule has 1 amide bonds. The van der Waals surface area contributed by atoms with Gasteiger partial charge in [-0.05, 0) is 56.8 Å². The SMILES string of the molecule is C[C@H]1C[C@@H](C(=O)N2CCCC2c2ccncc2)CCN1.Cl. The van der Waals surface area contributed by atoms with Gasteiger partial charge < -0.3 is 10.2 Å². The van der Waals surface area contributed by atoms with Crippen LogP contribution >= 0.6 is 12.4 Å². The molecule has 0 aliphatic carbocycles. The number of nitrogens with one attached hydrogen (secondary N) is 1. The summed E-state index contributed by atoms with van der Waals surface area (Å²) in [5, 5.41) is 3.42. The van der Waals surface area contributed by atoms with Crippen molar-refractivity contribution in [3.05, 3.63) is 30.1 Å². The Kier molecular flexibility index (Phi) is 5.59. The number of aromatic nitrogens is 1. The Morgan fingerprint density at radius 2 is 2.10 bits per heavy atom. The molecule has 0 radical (unpaired) electrons. The van der Waals surface area contributed by atoms with E-state index in [-0.39, 0.29) is 24.4 Å². The summed E-state index contributed by atoms with van der Waals surface area (Å²) in [6.45, 7) is 4.04. The number of halogens is 1. The van der Waals surface area contributed by atoms with Crippen LogP contribution in [0.1, 0.15) is 44.2 Å². The summed E-state index contributed by atoms with van der Waals surface area (Å²) in [7, 11) is 0. The van der Waals surface area contributed by atoms with Crippen LogP contribution in [0.5, 0.6) is 0 Å². The van der Waals surface area contributed by atoms with Crippen molar-refractivity contribution in [1.82, 2.24) is 15.2 Å². The van der Waals surface area contributed by atoms with Crippen molar-refractivity contribution in [2.24, 2.45) is 5.92 Å². The first kappa shape index (κ1) is 16.2. The lowest BCUT2D eigenvalue weighted by molar-refractivity contribution is -0.137. The van der Waals surface area contributed by atoms with E-state index in [1.165, 1.54) is 5.56 Å². The first-order valence-electron chi connectivity index (χ1n) is 7.69.